The average molecular weight is 812 g/mol. The molecule has 57 heavy (non-hydrogen) atoms. The van der Waals surface area contributed by atoms with Crippen molar-refractivity contribution in [2.24, 2.45) is 0 Å². The highest BCUT2D eigenvalue weighted by Crippen LogP contribution is 2.50. The van der Waals surface area contributed by atoms with Gasteiger partial charge in [-0.3, -0.25) is 0 Å². The highest BCUT2D eigenvalue weighted by molar-refractivity contribution is 6.31. The molecule has 0 amide bonds. The van der Waals surface area contributed by atoms with E-state index in [1.165, 1.54) is 0 Å². The Morgan fingerprint density at radius 3 is 1.61 bits per heavy atom. The van der Waals surface area contributed by atoms with Crippen LogP contribution in [0.1, 0.15) is 38.9 Å². The summed E-state index contributed by atoms with van der Waals surface area (Å²) in [5.41, 5.74) is 4.47. The summed E-state index contributed by atoms with van der Waals surface area (Å²) in [6, 6.07) is 47.2. The predicted molar refractivity (Wildman–Crippen MR) is 216 cm³/mol. The number of hydrogen-bond donors (Lipinski definition) is 1. The Bertz CT molecular complexity index is 2160. The van der Waals surface area contributed by atoms with Crippen molar-refractivity contribution in [1.29, 1.82) is 0 Å². The van der Waals surface area contributed by atoms with Crippen LogP contribution in [-0.4, -0.2) is 35.9 Å². The van der Waals surface area contributed by atoms with Crippen LogP contribution >= 0.6 is 23.2 Å². The van der Waals surface area contributed by atoms with E-state index < -0.39 is 36.6 Å². The van der Waals surface area contributed by atoms with E-state index in [0.717, 1.165) is 16.7 Å². The molecular weight excluding hydrogens is 769 g/mol. The van der Waals surface area contributed by atoms with E-state index in [-0.39, 0.29) is 37.7 Å². The molecule has 1 N–H and O–H groups in total. The summed E-state index contributed by atoms with van der Waals surface area (Å²) < 4.78 is 65.4. The third kappa shape index (κ3) is 10.1. The van der Waals surface area contributed by atoms with Crippen LogP contribution < -0.4 is 4.74 Å². The second kappa shape index (κ2) is 18.7. The summed E-state index contributed by atoms with van der Waals surface area (Å²) >= 11 is 13.1. The Hall–Kier alpha value is -4.64. The van der Waals surface area contributed by atoms with Gasteiger partial charge in [0, 0.05) is 10.0 Å². The van der Waals surface area contributed by atoms with Gasteiger partial charge in [0.25, 0.3) is 0 Å². The lowest BCUT2D eigenvalue weighted by molar-refractivity contribution is -0.406. The molecule has 6 aromatic carbocycles. The van der Waals surface area contributed by atoms with Crippen molar-refractivity contribution in [3.63, 3.8) is 0 Å². The number of alkyl halides is 2. The summed E-state index contributed by atoms with van der Waals surface area (Å²) in [6.45, 7) is -0.790. The number of halogens is 4. The molecule has 10 heteroatoms. The summed E-state index contributed by atoms with van der Waals surface area (Å²) in [5, 5.41) is 14.1. The van der Waals surface area contributed by atoms with Crippen molar-refractivity contribution < 1.29 is 37.6 Å². The van der Waals surface area contributed by atoms with E-state index in [2.05, 4.69) is 0 Å². The zero-order chi connectivity index (χ0) is 39.7. The standard InChI is InChI=1S/C47H42Cl2F2O6/c48-39-23-21-33(22-24-39)25-38-26-40(42(27-41(38)49)54-29-35-15-7-2-8-16-35)47(52)45(56-31-37-19-11-4-12-20-37)44(55-30-36-17-9-3-10-18-36)46(50,51)43(57-47)32-53-28-34-13-5-1-6-14-34/h1-24,26-27,43-45,52H,25,28-32H2/t43-,44-,45-,47?/m1/s1. The highest BCUT2D eigenvalue weighted by Gasteiger charge is 2.66. The molecule has 6 nitrogen and oxygen atoms in total. The molecule has 0 aliphatic carbocycles. The lowest BCUT2D eigenvalue weighted by Crippen LogP contribution is -2.68. The van der Waals surface area contributed by atoms with E-state index in [4.69, 9.17) is 46.9 Å². The maximum atomic E-state index is 17.1. The fourth-order valence-corrected chi connectivity index (χ4v) is 7.13. The topological polar surface area (TPSA) is 66.4 Å². The van der Waals surface area contributed by atoms with Gasteiger partial charge in [0.1, 0.15) is 18.5 Å². The van der Waals surface area contributed by atoms with Crippen molar-refractivity contribution in [3.8, 4) is 5.75 Å². The smallest absolute Gasteiger partial charge is 0.304 e. The average Bonchev–Trinajstić information content (AvgIpc) is 3.23. The third-order valence-corrected chi connectivity index (χ3v) is 10.4. The van der Waals surface area contributed by atoms with E-state index in [9.17, 15) is 5.11 Å². The fourth-order valence-electron chi connectivity index (χ4n) is 6.78. The van der Waals surface area contributed by atoms with Gasteiger partial charge in [0.15, 0.2) is 12.2 Å². The van der Waals surface area contributed by atoms with Gasteiger partial charge in [-0.2, -0.15) is 0 Å². The van der Waals surface area contributed by atoms with Gasteiger partial charge in [-0.15, -0.1) is 0 Å². The minimum Gasteiger partial charge on any atom is -0.488 e. The second-order valence-corrected chi connectivity index (χ2v) is 14.8. The molecule has 4 atom stereocenters. The molecule has 1 unspecified atom stereocenters. The number of benzene rings is 6. The van der Waals surface area contributed by atoms with Crippen molar-refractivity contribution in [3.05, 3.63) is 207 Å². The largest absolute Gasteiger partial charge is 0.488 e. The lowest BCUT2D eigenvalue weighted by Gasteiger charge is -2.50. The van der Waals surface area contributed by atoms with E-state index >= 15 is 8.78 Å². The van der Waals surface area contributed by atoms with Crippen LogP contribution in [0.4, 0.5) is 8.78 Å². The predicted octanol–water partition coefficient (Wildman–Crippen LogP) is 10.7. The summed E-state index contributed by atoms with van der Waals surface area (Å²) in [5.74, 6) is -6.18. The summed E-state index contributed by atoms with van der Waals surface area (Å²) in [4.78, 5) is 0. The SMILES string of the molecule is OC1(c2cc(Cc3ccc(Cl)cc3)c(Cl)cc2OCc2ccccc2)O[C@H](COCc2ccccc2)C(F)(F)[C@H](OCc2ccccc2)[C@H]1OCc1ccccc1. The first-order valence-corrected chi connectivity index (χ1v) is 19.4. The third-order valence-electron chi connectivity index (χ3n) is 9.80. The maximum Gasteiger partial charge on any atom is 0.304 e. The Morgan fingerprint density at radius 1 is 0.579 bits per heavy atom. The Kier molecular flexibility index (Phi) is 13.3. The normalized spacial score (nSPS) is 20.3. The van der Waals surface area contributed by atoms with Crippen LogP contribution in [0.3, 0.4) is 0 Å². The second-order valence-electron chi connectivity index (χ2n) is 13.9. The minimum absolute atomic E-state index is 0.0380. The quantitative estimate of drug-likeness (QED) is 0.105. The van der Waals surface area contributed by atoms with E-state index in [0.29, 0.717) is 33.2 Å². The zero-order valence-electron chi connectivity index (χ0n) is 31.0. The van der Waals surface area contributed by atoms with Crippen molar-refractivity contribution in [2.45, 2.75) is 62.9 Å². The number of aliphatic hydroxyl groups is 1. The molecule has 0 spiro atoms. The highest BCUT2D eigenvalue weighted by atomic mass is 35.5. The van der Waals surface area contributed by atoms with Crippen molar-refractivity contribution >= 4 is 23.2 Å². The van der Waals surface area contributed by atoms with E-state index in [1.807, 2.05) is 109 Å². The number of rotatable bonds is 16. The van der Waals surface area contributed by atoms with Crippen LogP contribution in [-0.2, 0) is 57.6 Å². The van der Waals surface area contributed by atoms with Gasteiger partial charge in [-0.25, -0.2) is 8.78 Å². The molecule has 0 saturated carbocycles. The Balaban J connectivity index is 1.34. The maximum absolute atomic E-state index is 17.1. The lowest BCUT2D eigenvalue weighted by atomic mass is 9.85. The Morgan fingerprint density at radius 2 is 1.07 bits per heavy atom. The van der Waals surface area contributed by atoms with Gasteiger partial charge in [0.2, 0.25) is 5.79 Å². The van der Waals surface area contributed by atoms with Crippen LogP contribution in [0.25, 0.3) is 0 Å². The molecule has 1 saturated heterocycles. The van der Waals surface area contributed by atoms with Crippen LogP contribution in [0, 0.1) is 0 Å². The number of hydrogen-bond acceptors (Lipinski definition) is 6. The summed E-state index contributed by atoms with van der Waals surface area (Å²) in [7, 11) is 0. The molecular formula is C47H42Cl2F2O6. The fraction of sp³-hybridized carbons (Fsp3) is 0.234. The zero-order valence-corrected chi connectivity index (χ0v) is 32.5. The first-order chi connectivity index (χ1) is 27.7. The van der Waals surface area contributed by atoms with Crippen molar-refractivity contribution in [1.82, 2.24) is 0 Å². The first kappa shape index (κ1) is 40.6. The van der Waals surface area contributed by atoms with Crippen LogP contribution in [0.15, 0.2) is 158 Å². The molecule has 294 valence electrons. The van der Waals surface area contributed by atoms with Crippen LogP contribution in [0.5, 0.6) is 5.75 Å². The summed E-state index contributed by atoms with van der Waals surface area (Å²) in [6.07, 6.45) is -5.48. The van der Waals surface area contributed by atoms with Gasteiger partial charge < -0.3 is 28.8 Å². The monoisotopic (exact) mass is 810 g/mol. The van der Waals surface area contributed by atoms with Gasteiger partial charge in [-0.05, 0) is 64.1 Å². The molecule has 1 aliphatic rings. The molecule has 7 rings (SSSR count). The first-order valence-electron chi connectivity index (χ1n) is 18.6. The molecule has 1 aliphatic heterocycles. The van der Waals surface area contributed by atoms with Crippen LogP contribution in [0.2, 0.25) is 10.0 Å². The van der Waals surface area contributed by atoms with Gasteiger partial charge >= 0.3 is 5.92 Å². The molecule has 0 radical (unpaired) electrons. The van der Waals surface area contributed by atoms with Crippen molar-refractivity contribution in [2.75, 3.05) is 6.61 Å². The minimum atomic E-state index is -3.72. The molecule has 0 bridgehead atoms. The molecule has 1 fully saturated rings. The van der Waals surface area contributed by atoms with E-state index in [1.54, 1.807) is 48.5 Å². The number of ether oxygens (including phenoxy) is 5. The molecule has 6 aromatic rings. The van der Waals surface area contributed by atoms with Gasteiger partial charge in [-0.1, -0.05) is 157 Å². The van der Waals surface area contributed by atoms with Gasteiger partial charge in [0.05, 0.1) is 32.0 Å². The Labute approximate surface area is 341 Å². The molecule has 0 aromatic heterocycles. The molecule has 1 heterocycles.